The van der Waals surface area contributed by atoms with Gasteiger partial charge in [-0.05, 0) is 63.1 Å². The van der Waals surface area contributed by atoms with Gasteiger partial charge in [0.25, 0.3) is 5.91 Å². The fraction of sp³-hybridized carbons (Fsp3) is 0.700. The van der Waals surface area contributed by atoms with Gasteiger partial charge in [-0.2, -0.15) is 0 Å². The van der Waals surface area contributed by atoms with Crippen LogP contribution in [0.5, 0.6) is 0 Å². The molecule has 3 saturated heterocycles. The summed E-state index contributed by atoms with van der Waals surface area (Å²) in [5, 5.41) is 2.98. The Balaban J connectivity index is 1.30. The maximum atomic E-state index is 12.6. The molecule has 3 atom stereocenters. The number of fused-ring (bicyclic) bond motifs is 1. The van der Waals surface area contributed by atoms with E-state index in [4.69, 9.17) is 9.47 Å². The molecule has 4 rings (SSSR count). The van der Waals surface area contributed by atoms with Crippen molar-refractivity contribution in [2.24, 2.45) is 11.8 Å². The van der Waals surface area contributed by atoms with Crippen molar-refractivity contribution in [2.45, 2.75) is 44.8 Å². The molecule has 0 unspecified atom stereocenters. The number of aromatic nitrogens is 1. The first-order valence-electron chi connectivity index (χ1n) is 9.87. The lowest BCUT2D eigenvalue weighted by molar-refractivity contribution is -0.127. The van der Waals surface area contributed by atoms with Crippen molar-refractivity contribution >= 4 is 11.6 Å². The number of aryl methyl sites for hydroxylation is 1. The van der Waals surface area contributed by atoms with E-state index in [1.54, 1.807) is 6.20 Å². The summed E-state index contributed by atoms with van der Waals surface area (Å²) in [6.45, 7) is 6.92. The quantitative estimate of drug-likeness (QED) is 0.893. The SMILES string of the molecule is Cc1ncccc1NC(=O)[C@@H]1C[C@H]2CCN(CC3CCOCC3)C[C@H]2O1. The first-order chi connectivity index (χ1) is 12.7. The average Bonchev–Trinajstić information content (AvgIpc) is 3.08. The van der Waals surface area contributed by atoms with Crippen LogP contribution in [0.3, 0.4) is 0 Å². The highest BCUT2D eigenvalue weighted by Crippen LogP contribution is 2.34. The molecule has 0 saturated carbocycles. The topological polar surface area (TPSA) is 63.7 Å². The number of pyridine rings is 1. The molecule has 4 heterocycles. The predicted octanol–water partition coefficient (Wildman–Crippen LogP) is 2.23. The van der Waals surface area contributed by atoms with E-state index in [9.17, 15) is 4.79 Å². The van der Waals surface area contributed by atoms with Gasteiger partial charge in [0.15, 0.2) is 0 Å². The number of nitrogens with zero attached hydrogens (tertiary/aromatic N) is 2. The maximum Gasteiger partial charge on any atom is 0.253 e. The van der Waals surface area contributed by atoms with E-state index in [1.807, 2.05) is 19.1 Å². The van der Waals surface area contributed by atoms with Crippen LogP contribution < -0.4 is 5.32 Å². The minimum atomic E-state index is -0.340. The average molecular weight is 359 g/mol. The zero-order valence-corrected chi connectivity index (χ0v) is 15.5. The number of amides is 1. The van der Waals surface area contributed by atoms with Crippen LogP contribution in [0.15, 0.2) is 18.3 Å². The zero-order chi connectivity index (χ0) is 17.9. The summed E-state index contributed by atoms with van der Waals surface area (Å²) in [6, 6.07) is 3.73. The number of likely N-dealkylation sites (tertiary alicyclic amines) is 1. The first kappa shape index (κ1) is 17.9. The molecule has 6 nitrogen and oxygen atoms in total. The zero-order valence-electron chi connectivity index (χ0n) is 15.5. The van der Waals surface area contributed by atoms with Gasteiger partial charge >= 0.3 is 0 Å². The molecule has 6 heteroatoms. The van der Waals surface area contributed by atoms with Crippen LogP contribution in [0.2, 0.25) is 0 Å². The van der Waals surface area contributed by atoms with Gasteiger partial charge in [0.1, 0.15) is 6.10 Å². The van der Waals surface area contributed by atoms with Crippen molar-refractivity contribution in [3.05, 3.63) is 24.0 Å². The summed E-state index contributed by atoms with van der Waals surface area (Å²) >= 11 is 0. The van der Waals surface area contributed by atoms with Gasteiger partial charge < -0.3 is 19.7 Å². The smallest absolute Gasteiger partial charge is 0.253 e. The Kier molecular flexibility index (Phi) is 5.52. The van der Waals surface area contributed by atoms with E-state index in [2.05, 4.69) is 15.2 Å². The number of hydrogen-bond acceptors (Lipinski definition) is 5. The molecule has 26 heavy (non-hydrogen) atoms. The summed E-state index contributed by atoms with van der Waals surface area (Å²) in [4.78, 5) is 19.4. The highest BCUT2D eigenvalue weighted by molar-refractivity contribution is 5.94. The number of rotatable bonds is 4. The van der Waals surface area contributed by atoms with Crippen LogP contribution in [0.4, 0.5) is 5.69 Å². The van der Waals surface area contributed by atoms with Crippen molar-refractivity contribution in [1.29, 1.82) is 0 Å². The number of carbonyl (C=O) groups excluding carboxylic acids is 1. The third kappa shape index (κ3) is 4.08. The minimum absolute atomic E-state index is 0.0357. The van der Waals surface area contributed by atoms with Crippen molar-refractivity contribution in [3.8, 4) is 0 Å². The van der Waals surface area contributed by atoms with Gasteiger partial charge in [-0.15, -0.1) is 0 Å². The number of hydrogen-bond donors (Lipinski definition) is 1. The van der Waals surface area contributed by atoms with Crippen LogP contribution in [0.1, 0.15) is 31.4 Å². The molecule has 0 spiro atoms. The number of carbonyl (C=O) groups is 1. The molecule has 0 radical (unpaired) electrons. The highest BCUT2D eigenvalue weighted by Gasteiger charge is 2.42. The Morgan fingerprint density at radius 3 is 3.00 bits per heavy atom. The standard InChI is InChI=1S/C20H29N3O3/c1-14-17(3-2-7-21-14)22-20(24)18-11-16-4-8-23(13-19(16)26-18)12-15-5-9-25-10-6-15/h2-3,7,15-16,18-19H,4-6,8-13H2,1H3,(H,22,24)/t16-,18+,19-/m1/s1. The van der Waals surface area contributed by atoms with Gasteiger partial charge in [0.05, 0.1) is 17.5 Å². The van der Waals surface area contributed by atoms with E-state index in [0.717, 1.165) is 63.0 Å². The summed E-state index contributed by atoms with van der Waals surface area (Å²) in [5.74, 6) is 1.22. The second-order valence-corrected chi connectivity index (χ2v) is 7.89. The Morgan fingerprint density at radius 1 is 1.35 bits per heavy atom. The van der Waals surface area contributed by atoms with Gasteiger partial charge in [-0.1, -0.05) is 0 Å². The van der Waals surface area contributed by atoms with Crippen LogP contribution >= 0.6 is 0 Å². The van der Waals surface area contributed by atoms with Gasteiger partial charge in [-0.3, -0.25) is 9.78 Å². The summed E-state index contributed by atoms with van der Waals surface area (Å²) in [7, 11) is 0. The molecule has 0 aromatic carbocycles. The third-order valence-corrected chi connectivity index (χ3v) is 6.05. The summed E-state index contributed by atoms with van der Waals surface area (Å²) in [5.41, 5.74) is 1.61. The number of anilines is 1. The Bertz CT molecular complexity index is 632. The summed E-state index contributed by atoms with van der Waals surface area (Å²) < 4.78 is 11.6. The maximum absolute atomic E-state index is 12.6. The van der Waals surface area contributed by atoms with Crippen LogP contribution in [-0.2, 0) is 14.3 Å². The van der Waals surface area contributed by atoms with E-state index >= 15 is 0 Å². The fourth-order valence-corrected chi connectivity index (χ4v) is 4.45. The number of piperidine rings is 1. The number of nitrogens with one attached hydrogen (secondary N) is 1. The molecule has 142 valence electrons. The minimum Gasteiger partial charge on any atom is -0.381 e. The summed E-state index contributed by atoms with van der Waals surface area (Å²) in [6.07, 6.45) is 5.88. The Morgan fingerprint density at radius 2 is 2.19 bits per heavy atom. The van der Waals surface area contributed by atoms with E-state index in [0.29, 0.717) is 5.92 Å². The van der Waals surface area contributed by atoms with Crippen LogP contribution in [-0.4, -0.2) is 60.8 Å². The molecule has 1 aromatic heterocycles. The molecule has 0 aliphatic carbocycles. The molecule has 3 aliphatic rings. The molecular weight excluding hydrogens is 330 g/mol. The molecule has 3 fully saturated rings. The lowest BCUT2D eigenvalue weighted by Crippen LogP contribution is -2.45. The van der Waals surface area contributed by atoms with Gasteiger partial charge in [0.2, 0.25) is 0 Å². The molecular formula is C20H29N3O3. The molecule has 1 N–H and O–H groups in total. The van der Waals surface area contributed by atoms with Gasteiger partial charge in [-0.25, -0.2) is 0 Å². The fourth-order valence-electron chi connectivity index (χ4n) is 4.45. The molecule has 0 bridgehead atoms. The molecule has 1 amide bonds. The Hall–Kier alpha value is -1.50. The van der Waals surface area contributed by atoms with Crippen molar-refractivity contribution in [1.82, 2.24) is 9.88 Å². The lowest BCUT2D eigenvalue weighted by atomic mass is 9.90. The van der Waals surface area contributed by atoms with Gasteiger partial charge in [0, 0.05) is 32.5 Å². The van der Waals surface area contributed by atoms with E-state index in [1.165, 1.54) is 12.8 Å². The normalized spacial score (nSPS) is 30.1. The van der Waals surface area contributed by atoms with Crippen LogP contribution in [0, 0.1) is 18.8 Å². The third-order valence-electron chi connectivity index (χ3n) is 6.05. The largest absolute Gasteiger partial charge is 0.381 e. The van der Waals surface area contributed by atoms with Crippen molar-refractivity contribution in [2.75, 3.05) is 38.2 Å². The Labute approximate surface area is 155 Å². The number of ether oxygens (including phenoxy) is 2. The lowest BCUT2D eigenvalue weighted by Gasteiger charge is -2.36. The van der Waals surface area contributed by atoms with E-state index < -0.39 is 0 Å². The predicted molar refractivity (Wildman–Crippen MR) is 99.0 cm³/mol. The monoisotopic (exact) mass is 359 g/mol. The highest BCUT2D eigenvalue weighted by atomic mass is 16.5. The van der Waals surface area contributed by atoms with E-state index in [-0.39, 0.29) is 18.1 Å². The molecule has 1 aromatic rings. The second-order valence-electron chi connectivity index (χ2n) is 7.89. The van der Waals surface area contributed by atoms with Crippen molar-refractivity contribution < 1.29 is 14.3 Å². The molecule has 3 aliphatic heterocycles. The van der Waals surface area contributed by atoms with Crippen LogP contribution in [0.25, 0.3) is 0 Å². The first-order valence-corrected chi connectivity index (χ1v) is 9.87. The second kappa shape index (κ2) is 8.03. The van der Waals surface area contributed by atoms with Crippen molar-refractivity contribution in [3.63, 3.8) is 0 Å².